The van der Waals surface area contributed by atoms with E-state index < -0.39 is 6.04 Å². The third-order valence-electron chi connectivity index (χ3n) is 2.58. The molecule has 1 rings (SSSR count). The molecule has 4 heteroatoms. The second kappa shape index (κ2) is 7.04. The van der Waals surface area contributed by atoms with Gasteiger partial charge in [0.2, 0.25) is 0 Å². The fourth-order valence-electron chi connectivity index (χ4n) is 1.47. The number of hydrogen-bond acceptors (Lipinski definition) is 4. The van der Waals surface area contributed by atoms with E-state index in [2.05, 4.69) is 5.32 Å². The number of carbonyl (C=O) groups excluding carboxylic acids is 1. The van der Waals surface area contributed by atoms with E-state index in [4.69, 9.17) is 9.47 Å². The van der Waals surface area contributed by atoms with Crippen LogP contribution in [0.5, 0.6) is 0 Å². The number of ether oxygens (including phenoxy) is 2. The molecular formula is C13H19NO3. The summed E-state index contributed by atoms with van der Waals surface area (Å²) in [7, 11) is 3.03. The van der Waals surface area contributed by atoms with Crippen molar-refractivity contribution in [2.45, 2.75) is 19.1 Å². The van der Waals surface area contributed by atoms with Gasteiger partial charge in [-0.3, -0.25) is 5.32 Å². The Balaban J connectivity index is 2.71. The number of nitrogens with one attached hydrogen (secondary N) is 1. The number of methoxy groups -OCH3 is 2. The van der Waals surface area contributed by atoms with Gasteiger partial charge in [-0.2, -0.15) is 0 Å². The maximum atomic E-state index is 11.7. The molecule has 0 aliphatic carbocycles. The van der Waals surface area contributed by atoms with Crippen LogP contribution in [-0.4, -0.2) is 32.8 Å². The molecule has 17 heavy (non-hydrogen) atoms. The molecule has 1 aromatic carbocycles. The average molecular weight is 237 g/mol. The van der Waals surface area contributed by atoms with Crippen LogP contribution < -0.4 is 5.32 Å². The first-order chi connectivity index (χ1) is 8.19. The molecule has 4 nitrogen and oxygen atoms in total. The molecule has 0 aromatic heterocycles. The molecule has 0 saturated heterocycles. The molecule has 1 aromatic rings. The predicted molar refractivity (Wildman–Crippen MR) is 65.7 cm³/mol. The van der Waals surface area contributed by atoms with E-state index in [-0.39, 0.29) is 12.1 Å². The highest BCUT2D eigenvalue weighted by Crippen LogP contribution is 2.14. The molecular weight excluding hydrogens is 218 g/mol. The standard InChI is InChI=1S/C13H19NO3/c1-10(16-2)9-14-12(13(15)17-3)11-7-5-4-6-8-11/h4-8,10,12,14H,9H2,1-3H3. The van der Waals surface area contributed by atoms with Crippen molar-refractivity contribution >= 4 is 5.97 Å². The largest absolute Gasteiger partial charge is 0.468 e. The Kier molecular flexibility index (Phi) is 5.66. The van der Waals surface area contributed by atoms with E-state index in [9.17, 15) is 4.79 Å². The van der Waals surface area contributed by atoms with Crippen molar-refractivity contribution in [1.29, 1.82) is 0 Å². The number of rotatable bonds is 6. The summed E-state index contributed by atoms with van der Waals surface area (Å²) in [5.41, 5.74) is 0.891. The van der Waals surface area contributed by atoms with Gasteiger partial charge >= 0.3 is 5.97 Å². The molecule has 0 amide bonds. The van der Waals surface area contributed by atoms with E-state index in [0.717, 1.165) is 5.56 Å². The van der Waals surface area contributed by atoms with Gasteiger partial charge in [-0.25, -0.2) is 4.79 Å². The van der Waals surface area contributed by atoms with Crippen molar-refractivity contribution in [3.8, 4) is 0 Å². The predicted octanol–water partition coefficient (Wildman–Crippen LogP) is 1.53. The van der Waals surface area contributed by atoms with E-state index in [1.807, 2.05) is 37.3 Å². The Labute approximate surface area is 102 Å². The van der Waals surface area contributed by atoms with E-state index >= 15 is 0 Å². The third-order valence-corrected chi connectivity index (χ3v) is 2.58. The zero-order chi connectivity index (χ0) is 12.7. The van der Waals surface area contributed by atoms with Crippen LogP contribution in [0.15, 0.2) is 30.3 Å². The van der Waals surface area contributed by atoms with Gasteiger partial charge in [-0.1, -0.05) is 30.3 Å². The minimum absolute atomic E-state index is 0.0471. The Bertz CT molecular complexity index is 340. The lowest BCUT2D eigenvalue weighted by Crippen LogP contribution is -2.34. The van der Waals surface area contributed by atoms with Crippen LogP contribution in [0, 0.1) is 0 Å². The van der Waals surface area contributed by atoms with Gasteiger partial charge in [0.1, 0.15) is 6.04 Å². The SMILES string of the molecule is COC(=O)C(NCC(C)OC)c1ccccc1. The molecule has 0 heterocycles. The molecule has 0 saturated carbocycles. The number of benzene rings is 1. The summed E-state index contributed by atoms with van der Waals surface area (Å²) in [5.74, 6) is -0.292. The van der Waals surface area contributed by atoms with Crippen LogP contribution in [0.4, 0.5) is 0 Å². The normalized spacial score (nSPS) is 14.1. The second-order valence-corrected chi connectivity index (χ2v) is 3.82. The lowest BCUT2D eigenvalue weighted by Gasteiger charge is -2.19. The topological polar surface area (TPSA) is 47.6 Å². The molecule has 0 bridgehead atoms. The van der Waals surface area contributed by atoms with Gasteiger partial charge in [-0.05, 0) is 12.5 Å². The second-order valence-electron chi connectivity index (χ2n) is 3.82. The Hall–Kier alpha value is -1.39. The first kappa shape index (κ1) is 13.7. The van der Waals surface area contributed by atoms with Crippen LogP contribution in [-0.2, 0) is 14.3 Å². The van der Waals surface area contributed by atoms with Gasteiger partial charge in [0.25, 0.3) is 0 Å². The minimum atomic E-state index is -0.446. The smallest absolute Gasteiger partial charge is 0.327 e. The van der Waals surface area contributed by atoms with Crippen molar-refractivity contribution in [3.05, 3.63) is 35.9 Å². The fourth-order valence-corrected chi connectivity index (χ4v) is 1.47. The van der Waals surface area contributed by atoms with Gasteiger partial charge in [0, 0.05) is 13.7 Å². The van der Waals surface area contributed by atoms with Gasteiger partial charge in [-0.15, -0.1) is 0 Å². The highest BCUT2D eigenvalue weighted by atomic mass is 16.5. The van der Waals surface area contributed by atoms with Gasteiger partial charge < -0.3 is 9.47 Å². The lowest BCUT2D eigenvalue weighted by molar-refractivity contribution is -0.143. The summed E-state index contributed by atoms with van der Waals surface area (Å²) in [6, 6.07) is 9.05. The highest BCUT2D eigenvalue weighted by molar-refractivity contribution is 5.77. The zero-order valence-corrected chi connectivity index (χ0v) is 10.5. The molecule has 0 fully saturated rings. The maximum absolute atomic E-state index is 11.7. The van der Waals surface area contributed by atoms with E-state index in [1.54, 1.807) is 7.11 Å². The molecule has 0 aliphatic heterocycles. The maximum Gasteiger partial charge on any atom is 0.327 e. The average Bonchev–Trinajstić information content (AvgIpc) is 2.39. The molecule has 2 unspecified atom stereocenters. The van der Waals surface area contributed by atoms with Crippen molar-refractivity contribution in [1.82, 2.24) is 5.32 Å². The quantitative estimate of drug-likeness (QED) is 0.762. The Morgan fingerprint density at radius 3 is 2.47 bits per heavy atom. The van der Waals surface area contributed by atoms with Crippen LogP contribution >= 0.6 is 0 Å². The first-order valence-electron chi connectivity index (χ1n) is 5.58. The summed E-state index contributed by atoms with van der Waals surface area (Å²) in [5, 5.41) is 3.14. The third kappa shape index (κ3) is 4.17. The molecule has 94 valence electrons. The van der Waals surface area contributed by atoms with Crippen molar-refractivity contribution in [2.75, 3.05) is 20.8 Å². The number of esters is 1. The Morgan fingerprint density at radius 1 is 1.29 bits per heavy atom. The van der Waals surface area contributed by atoms with Crippen molar-refractivity contribution in [2.24, 2.45) is 0 Å². The van der Waals surface area contributed by atoms with Crippen molar-refractivity contribution in [3.63, 3.8) is 0 Å². The Morgan fingerprint density at radius 2 is 1.94 bits per heavy atom. The summed E-state index contributed by atoms with van der Waals surface area (Å²) in [4.78, 5) is 11.7. The zero-order valence-electron chi connectivity index (χ0n) is 10.5. The van der Waals surface area contributed by atoms with Gasteiger partial charge in [0.15, 0.2) is 0 Å². The van der Waals surface area contributed by atoms with Crippen LogP contribution in [0.3, 0.4) is 0 Å². The number of carbonyl (C=O) groups is 1. The summed E-state index contributed by atoms with van der Waals surface area (Å²) >= 11 is 0. The van der Waals surface area contributed by atoms with Crippen LogP contribution in [0.2, 0.25) is 0 Å². The first-order valence-corrected chi connectivity index (χ1v) is 5.58. The molecule has 0 spiro atoms. The van der Waals surface area contributed by atoms with Crippen LogP contribution in [0.25, 0.3) is 0 Å². The minimum Gasteiger partial charge on any atom is -0.468 e. The van der Waals surface area contributed by atoms with E-state index in [1.165, 1.54) is 7.11 Å². The highest BCUT2D eigenvalue weighted by Gasteiger charge is 2.20. The van der Waals surface area contributed by atoms with E-state index in [0.29, 0.717) is 6.54 Å². The lowest BCUT2D eigenvalue weighted by atomic mass is 10.1. The van der Waals surface area contributed by atoms with Crippen molar-refractivity contribution < 1.29 is 14.3 Å². The molecule has 0 aliphatic rings. The van der Waals surface area contributed by atoms with Gasteiger partial charge in [0.05, 0.1) is 13.2 Å². The number of hydrogen-bond donors (Lipinski definition) is 1. The summed E-state index contributed by atoms with van der Waals surface area (Å²) < 4.78 is 9.93. The fraction of sp³-hybridized carbons (Fsp3) is 0.462. The molecule has 1 N–H and O–H groups in total. The summed E-state index contributed by atoms with van der Waals surface area (Å²) in [6.07, 6.45) is 0.0471. The molecule has 0 radical (unpaired) electrons. The molecule has 2 atom stereocenters. The summed E-state index contributed by atoms with van der Waals surface area (Å²) in [6.45, 7) is 2.53. The monoisotopic (exact) mass is 237 g/mol. The van der Waals surface area contributed by atoms with Crippen LogP contribution in [0.1, 0.15) is 18.5 Å².